The van der Waals surface area contributed by atoms with Crippen molar-refractivity contribution >= 4 is 55.6 Å². The monoisotopic (exact) mass is 984 g/mol. The minimum absolute atomic E-state index is 0. The van der Waals surface area contributed by atoms with Gasteiger partial charge in [0.1, 0.15) is 11.6 Å². The Kier molecular flexibility index (Phi) is 10.0. The van der Waals surface area contributed by atoms with Crippen LogP contribution >= 0.6 is 0 Å². The number of rotatable bonds is 5. The van der Waals surface area contributed by atoms with Crippen molar-refractivity contribution in [1.29, 1.82) is 0 Å². The van der Waals surface area contributed by atoms with Crippen LogP contribution in [-0.2, 0) is 50.3 Å². The van der Waals surface area contributed by atoms with E-state index in [0.717, 1.165) is 63.5 Å². The van der Waals surface area contributed by atoms with Crippen LogP contribution in [0.25, 0.3) is 38.7 Å². The molecule has 0 aliphatic carbocycles. The Hall–Kier alpha value is -5.39. The SMILES string of the molecule is CC(C)(C)c1ccc(N2[CH-]N(c3[c-]c(Oc4[c-]c5c(cc4)c4cc(C(C)(C)C)ccc4n5-c4cc(C(C)(C)C)ccn4)ccc3)c3cc4nc5n(c4cc32)CCCC5)cc1.[Pt]. The Morgan fingerprint density at radius 2 is 1.34 bits per heavy atom. The molecular formula is C53H53N6OPt-3. The van der Waals surface area contributed by atoms with Crippen molar-refractivity contribution in [2.24, 2.45) is 0 Å². The molecule has 0 radical (unpaired) electrons. The van der Waals surface area contributed by atoms with Crippen molar-refractivity contribution in [2.45, 2.75) is 104 Å². The first-order valence-electron chi connectivity index (χ1n) is 21.4. The fourth-order valence-electron chi connectivity index (χ4n) is 8.79. The molecule has 8 aromatic rings. The number of fused-ring (bicyclic) bond motifs is 7. The Balaban J connectivity index is 0.00000476. The van der Waals surface area contributed by atoms with Crippen LogP contribution in [0, 0.1) is 18.8 Å². The average molecular weight is 985 g/mol. The number of ether oxygens (including phenoxy) is 1. The maximum absolute atomic E-state index is 6.68. The topological polar surface area (TPSA) is 51.4 Å². The van der Waals surface area contributed by atoms with Crippen LogP contribution < -0.4 is 14.5 Å². The second-order valence-electron chi connectivity index (χ2n) is 19.7. The summed E-state index contributed by atoms with van der Waals surface area (Å²) in [6, 6.07) is 42.2. The van der Waals surface area contributed by atoms with Crippen LogP contribution in [0.4, 0.5) is 22.7 Å². The van der Waals surface area contributed by atoms with Crippen molar-refractivity contribution in [3.8, 4) is 17.3 Å². The standard InChI is InChI=1S/C53H53N6O.Pt/c1-51(2,3)34-16-19-37(20-17-34)57-33-58(47-31-43-46(32-48(47)57)56-26-11-10-15-49(56)55-43)38-13-12-14-39(29-38)60-40-21-22-41-42-27-35(52(4,5)6)18-23-44(42)59(45(41)30-40)50-28-36(24-25-54-50)53(7,8)9;/h12-14,16-25,27-28,31-33H,10-11,15,26H2,1-9H3;/q-3;. The third-order valence-electron chi connectivity index (χ3n) is 12.3. The zero-order valence-electron chi connectivity index (χ0n) is 36.6. The molecule has 7 nitrogen and oxygen atoms in total. The number of hydrogen-bond acceptors (Lipinski definition) is 5. The predicted octanol–water partition coefficient (Wildman–Crippen LogP) is 13.6. The minimum Gasteiger partial charge on any atom is -0.509 e. The number of nitrogens with zero attached hydrogens (tertiary/aromatic N) is 6. The number of aromatic nitrogens is 4. The number of aryl methyl sites for hydroxylation is 2. The number of benzene rings is 5. The number of pyridine rings is 1. The van der Waals surface area contributed by atoms with Gasteiger partial charge in [-0.3, -0.25) is 0 Å². The first-order valence-corrected chi connectivity index (χ1v) is 21.4. The molecule has 61 heavy (non-hydrogen) atoms. The Labute approximate surface area is 374 Å². The number of hydrogen-bond donors (Lipinski definition) is 0. The van der Waals surface area contributed by atoms with Crippen molar-refractivity contribution in [2.75, 3.05) is 9.80 Å². The van der Waals surface area contributed by atoms with Crippen molar-refractivity contribution < 1.29 is 25.8 Å². The molecule has 0 N–H and O–H groups in total. The quantitative estimate of drug-likeness (QED) is 0.161. The summed E-state index contributed by atoms with van der Waals surface area (Å²) in [7, 11) is 0. The number of imidazole rings is 1. The molecule has 2 aliphatic heterocycles. The largest absolute Gasteiger partial charge is 0.509 e. The van der Waals surface area contributed by atoms with Gasteiger partial charge >= 0.3 is 0 Å². The van der Waals surface area contributed by atoms with Crippen LogP contribution in [0.3, 0.4) is 0 Å². The van der Waals surface area contributed by atoms with E-state index in [2.05, 4.69) is 179 Å². The van der Waals surface area contributed by atoms with Gasteiger partial charge in [-0.25, -0.2) is 9.97 Å². The number of anilines is 4. The smallest absolute Gasteiger partial charge is 0.135 e. The third-order valence-corrected chi connectivity index (χ3v) is 12.3. The molecule has 3 aromatic heterocycles. The van der Waals surface area contributed by atoms with E-state index in [1.165, 1.54) is 46.3 Å². The second kappa shape index (κ2) is 14.9. The van der Waals surface area contributed by atoms with Crippen molar-refractivity contribution in [3.05, 3.63) is 145 Å². The van der Waals surface area contributed by atoms with Gasteiger partial charge in [0.2, 0.25) is 0 Å². The van der Waals surface area contributed by atoms with Crippen LogP contribution in [0.1, 0.15) is 97.7 Å². The molecule has 0 spiro atoms. The van der Waals surface area contributed by atoms with Gasteiger partial charge in [-0.1, -0.05) is 92.1 Å². The van der Waals surface area contributed by atoms with Gasteiger partial charge in [-0.15, -0.1) is 48.1 Å². The first-order chi connectivity index (χ1) is 28.6. The third kappa shape index (κ3) is 7.33. The van der Waals surface area contributed by atoms with Gasteiger partial charge in [-0.2, -0.15) is 12.1 Å². The molecule has 0 atom stereocenters. The normalized spacial score (nSPS) is 14.4. The summed E-state index contributed by atoms with van der Waals surface area (Å²) in [5, 5.41) is 2.28. The van der Waals surface area contributed by atoms with Crippen LogP contribution in [-0.4, -0.2) is 19.1 Å². The molecule has 0 fully saturated rings. The Morgan fingerprint density at radius 1 is 0.639 bits per heavy atom. The molecule has 5 aromatic carbocycles. The molecule has 5 heterocycles. The van der Waals surface area contributed by atoms with Gasteiger partial charge in [0, 0.05) is 74.3 Å². The Morgan fingerprint density at radius 3 is 2.10 bits per heavy atom. The molecule has 0 amide bonds. The van der Waals surface area contributed by atoms with E-state index >= 15 is 0 Å². The van der Waals surface area contributed by atoms with Crippen LogP contribution in [0.2, 0.25) is 0 Å². The van der Waals surface area contributed by atoms with Gasteiger partial charge in [0.15, 0.2) is 0 Å². The molecule has 0 unspecified atom stereocenters. The summed E-state index contributed by atoms with van der Waals surface area (Å²) >= 11 is 0. The van der Waals surface area contributed by atoms with E-state index in [4.69, 9.17) is 14.7 Å². The van der Waals surface area contributed by atoms with Crippen LogP contribution in [0.15, 0.2) is 103 Å². The van der Waals surface area contributed by atoms with Gasteiger partial charge < -0.3 is 23.7 Å². The van der Waals surface area contributed by atoms with Gasteiger partial charge in [0.05, 0.1) is 11.0 Å². The zero-order valence-corrected chi connectivity index (χ0v) is 38.9. The van der Waals surface area contributed by atoms with Gasteiger partial charge in [0.25, 0.3) is 0 Å². The Bertz CT molecular complexity index is 2960. The summed E-state index contributed by atoms with van der Waals surface area (Å²) in [6.07, 6.45) is 5.30. The fraction of sp³-hybridized carbons (Fsp3) is 0.302. The zero-order chi connectivity index (χ0) is 41.7. The first kappa shape index (κ1) is 41.0. The summed E-state index contributed by atoms with van der Waals surface area (Å²) in [5.41, 5.74) is 12.2. The maximum Gasteiger partial charge on any atom is 0.135 e. The van der Waals surface area contributed by atoms with E-state index in [9.17, 15) is 0 Å². The summed E-state index contributed by atoms with van der Waals surface area (Å²) in [5.74, 6) is 3.26. The average Bonchev–Trinajstić information content (AvgIpc) is 3.88. The van der Waals surface area contributed by atoms with Crippen molar-refractivity contribution in [3.63, 3.8) is 0 Å². The summed E-state index contributed by atoms with van der Waals surface area (Å²) < 4.78 is 11.3. The molecule has 0 saturated carbocycles. The van der Waals surface area contributed by atoms with E-state index in [-0.39, 0.29) is 37.3 Å². The summed E-state index contributed by atoms with van der Waals surface area (Å²) in [4.78, 5) is 14.5. The molecule has 8 heteroatoms. The summed E-state index contributed by atoms with van der Waals surface area (Å²) in [6.45, 7) is 23.4. The van der Waals surface area contributed by atoms with Gasteiger partial charge in [-0.05, 0) is 93.6 Å². The predicted molar refractivity (Wildman–Crippen MR) is 247 cm³/mol. The minimum atomic E-state index is -0.0278. The van der Waals surface area contributed by atoms with Crippen LogP contribution in [0.5, 0.6) is 11.5 Å². The molecule has 0 saturated heterocycles. The van der Waals surface area contributed by atoms with E-state index in [1.807, 2.05) is 24.4 Å². The van der Waals surface area contributed by atoms with E-state index < -0.39 is 0 Å². The molecule has 10 rings (SSSR count). The van der Waals surface area contributed by atoms with Crippen molar-refractivity contribution in [1.82, 2.24) is 19.1 Å². The molecule has 2 aliphatic rings. The fourth-order valence-corrected chi connectivity index (χ4v) is 8.79. The second-order valence-corrected chi connectivity index (χ2v) is 19.7. The van der Waals surface area contributed by atoms with E-state index in [0.29, 0.717) is 11.5 Å². The maximum atomic E-state index is 6.68. The van der Waals surface area contributed by atoms with E-state index in [1.54, 1.807) is 0 Å². The molecule has 314 valence electrons. The molecule has 0 bridgehead atoms. The molecular weight excluding hydrogens is 932 g/mol.